The summed E-state index contributed by atoms with van der Waals surface area (Å²) in [5.41, 5.74) is 0.184. The van der Waals surface area contributed by atoms with E-state index in [1.54, 1.807) is 0 Å². The van der Waals surface area contributed by atoms with Gasteiger partial charge in [0.05, 0.1) is 11.8 Å². The number of halogens is 1. The fourth-order valence-electron chi connectivity index (χ4n) is 1.91. The smallest absolute Gasteiger partial charge is 0.303 e. The number of carbonyl (C=O) groups is 2. The van der Waals surface area contributed by atoms with Crippen LogP contribution in [0, 0.1) is 11.7 Å². The monoisotopic (exact) mass is 282 g/mol. The van der Waals surface area contributed by atoms with Gasteiger partial charge in [-0.05, 0) is 24.8 Å². The highest BCUT2D eigenvalue weighted by Gasteiger charge is 2.11. The molecule has 0 saturated heterocycles. The second-order valence-electron chi connectivity index (χ2n) is 4.64. The molecule has 0 fully saturated rings. The molecule has 1 unspecified atom stereocenters. The summed E-state index contributed by atoms with van der Waals surface area (Å²) in [5.74, 6) is -1.47. The SMILES string of the molecule is CCC(CCNC(=O)c1cncc(F)c1)CCC(=O)O. The molecule has 20 heavy (non-hydrogen) atoms. The molecule has 0 saturated carbocycles. The second-order valence-corrected chi connectivity index (χ2v) is 4.64. The largest absolute Gasteiger partial charge is 0.481 e. The van der Waals surface area contributed by atoms with Gasteiger partial charge < -0.3 is 10.4 Å². The van der Waals surface area contributed by atoms with Crippen molar-refractivity contribution in [1.29, 1.82) is 0 Å². The number of aliphatic carboxylic acids is 1. The minimum absolute atomic E-state index is 0.139. The normalized spacial score (nSPS) is 11.9. The van der Waals surface area contributed by atoms with Crippen LogP contribution in [0.5, 0.6) is 0 Å². The standard InChI is InChI=1S/C14H19FN2O3/c1-2-10(3-4-13(18)19)5-6-17-14(20)11-7-12(15)9-16-8-11/h7-10H,2-6H2,1H3,(H,17,20)(H,18,19). The fraction of sp³-hybridized carbons (Fsp3) is 0.500. The lowest BCUT2D eigenvalue weighted by Gasteiger charge is -2.14. The molecule has 0 aliphatic rings. The van der Waals surface area contributed by atoms with Crippen molar-refractivity contribution in [2.75, 3.05) is 6.54 Å². The molecule has 1 aromatic rings. The molecule has 1 amide bonds. The van der Waals surface area contributed by atoms with E-state index in [0.29, 0.717) is 19.4 Å². The Kier molecular flexibility index (Phi) is 6.63. The number of rotatable bonds is 8. The molecule has 0 aliphatic heterocycles. The molecular weight excluding hydrogens is 263 g/mol. The molecule has 1 heterocycles. The molecule has 1 rings (SSSR count). The van der Waals surface area contributed by atoms with E-state index in [0.717, 1.165) is 18.7 Å². The maximum Gasteiger partial charge on any atom is 0.303 e. The van der Waals surface area contributed by atoms with Crippen LogP contribution in [-0.2, 0) is 4.79 Å². The fourth-order valence-corrected chi connectivity index (χ4v) is 1.91. The number of hydrogen-bond donors (Lipinski definition) is 2. The molecule has 1 aromatic heterocycles. The van der Waals surface area contributed by atoms with Crippen molar-refractivity contribution >= 4 is 11.9 Å². The van der Waals surface area contributed by atoms with Gasteiger partial charge in [0.25, 0.3) is 5.91 Å². The number of carbonyl (C=O) groups excluding carboxylic acids is 1. The highest BCUT2D eigenvalue weighted by atomic mass is 19.1. The van der Waals surface area contributed by atoms with E-state index in [2.05, 4.69) is 10.3 Å². The summed E-state index contributed by atoms with van der Waals surface area (Å²) in [4.78, 5) is 25.8. The van der Waals surface area contributed by atoms with Gasteiger partial charge in [0.2, 0.25) is 0 Å². The average molecular weight is 282 g/mol. The van der Waals surface area contributed by atoms with Gasteiger partial charge in [0, 0.05) is 19.2 Å². The van der Waals surface area contributed by atoms with Crippen molar-refractivity contribution in [3.05, 3.63) is 29.8 Å². The summed E-state index contributed by atoms with van der Waals surface area (Å²) < 4.78 is 12.9. The minimum atomic E-state index is -0.807. The lowest BCUT2D eigenvalue weighted by Crippen LogP contribution is -2.26. The van der Waals surface area contributed by atoms with Crippen LogP contribution < -0.4 is 5.32 Å². The first-order chi connectivity index (χ1) is 9.52. The van der Waals surface area contributed by atoms with Crippen molar-refractivity contribution in [2.45, 2.75) is 32.6 Å². The summed E-state index contributed by atoms with van der Waals surface area (Å²) >= 11 is 0. The van der Waals surface area contributed by atoms with Crippen LogP contribution >= 0.6 is 0 Å². The number of carboxylic acids is 1. The summed E-state index contributed by atoms with van der Waals surface area (Å²) in [7, 11) is 0. The Hall–Kier alpha value is -1.98. The number of amides is 1. The maximum absolute atomic E-state index is 12.9. The summed E-state index contributed by atoms with van der Waals surface area (Å²) in [6.45, 7) is 2.43. The number of nitrogens with one attached hydrogen (secondary N) is 1. The lowest BCUT2D eigenvalue weighted by atomic mass is 9.96. The Morgan fingerprint density at radius 3 is 2.75 bits per heavy atom. The van der Waals surface area contributed by atoms with Gasteiger partial charge in [-0.1, -0.05) is 13.3 Å². The van der Waals surface area contributed by atoms with E-state index in [9.17, 15) is 14.0 Å². The summed E-state index contributed by atoms with van der Waals surface area (Å²) in [5, 5.41) is 11.3. The number of carboxylic acid groups (broad SMARTS) is 1. The Balaban J connectivity index is 2.35. The predicted molar refractivity (Wildman–Crippen MR) is 71.8 cm³/mol. The van der Waals surface area contributed by atoms with E-state index < -0.39 is 11.8 Å². The number of pyridine rings is 1. The molecule has 1 atom stereocenters. The molecule has 6 heteroatoms. The third kappa shape index (κ3) is 5.77. The van der Waals surface area contributed by atoms with Gasteiger partial charge in [-0.2, -0.15) is 0 Å². The van der Waals surface area contributed by atoms with E-state index in [1.165, 1.54) is 6.20 Å². The van der Waals surface area contributed by atoms with E-state index in [1.807, 2.05) is 6.92 Å². The Morgan fingerprint density at radius 1 is 1.40 bits per heavy atom. The summed E-state index contributed by atoms with van der Waals surface area (Å²) in [6.07, 6.45) is 4.66. The van der Waals surface area contributed by atoms with Crippen LogP contribution in [0.2, 0.25) is 0 Å². The minimum Gasteiger partial charge on any atom is -0.481 e. The van der Waals surface area contributed by atoms with Crippen LogP contribution in [0.4, 0.5) is 4.39 Å². The highest BCUT2D eigenvalue weighted by Crippen LogP contribution is 2.14. The number of hydrogen-bond acceptors (Lipinski definition) is 3. The Bertz CT molecular complexity index is 465. The van der Waals surface area contributed by atoms with Crippen molar-refractivity contribution in [3.63, 3.8) is 0 Å². The van der Waals surface area contributed by atoms with Gasteiger partial charge in [-0.3, -0.25) is 14.6 Å². The van der Waals surface area contributed by atoms with Crippen molar-refractivity contribution in [2.24, 2.45) is 5.92 Å². The van der Waals surface area contributed by atoms with Gasteiger partial charge in [-0.25, -0.2) is 4.39 Å². The van der Waals surface area contributed by atoms with Crippen molar-refractivity contribution in [3.8, 4) is 0 Å². The van der Waals surface area contributed by atoms with Gasteiger partial charge in [0.15, 0.2) is 0 Å². The molecule has 0 aromatic carbocycles. The first kappa shape index (κ1) is 16.1. The van der Waals surface area contributed by atoms with Crippen molar-refractivity contribution < 1.29 is 19.1 Å². The van der Waals surface area contributed by atoms with Crippen LogP contribution in [0.15, 0.2) is 18.5 Å². The molecule has 110 valence electrons. The molecule has 0 bridgehead atoms. The van der Waals surface area contributed by atoms with Gasteiger partial charge >= 0.3 is 5.97 Å². The second kappa shape index (κ2) is 8.24. The summed E-state index contributed by atoms with van der Waals surface area (Å²) in [6, 6.07) is 1.13. The molecule has 5 nitrogen and oxygen atoms in total. The topological polar surface area (TPSA) is 79.3 Å². The van der Waals surface area contributed by atoms with Crippen LogP contribution in [0.25, 0.3) is 0 Å². The van der Waals surface area contributed by atoms with Crippen molar-refractivity contribution in [1.82, 2.24) is 10.3 Å². The molecule has 0 radical (unpaired) electrons. The van der Waals surface area contributed by atoms with E-state index in [-0.39, 0.29) is 23.8 Å². The number of aromatic nitrogens is 1. The first-order valence-corrected chi connectivity index (χ1v) is 6.63. The van der Waals surface area contributed by atoms with E-state index in [4.69, 9.17) is 5.11 Å². The predicted octanol–water partition coefficient (Wildman–Crippen LogP) is 2.23. The zero-order valence-corrected chi connectivity index (χ0v) is 11.4. The van der Waals surface area contributed by atoms with Crippen LogP contribution in [0.3, 0.4) is 0 Å². The third-order valence-corrected chi connectivity index (χ3v) is 3.15. The van der Waals surface area contributed by atoms with Gasteiger partial charge in [-0.15, -0.1) is 0 Å². The molecule has 0 aliphatic carbocycles. The number of nitrogens with zero attached hydrogens (tertiary/aromatic N) is 1. The average Bonchev–Trinajstić information content (AvgIpc) is 2.42. The zero-order chi connectivity index (χ0) is 15.0. The quantitative estimate of drug-likeness (QED) is 0.766. The van der Waals surface area contributed by atoms with Crippen LogP contribution in [0.1, 0.15) is 43.0 Å². The Morgan fingerprint density at radius 2 is 2.15 bits per heavy atom. The molecular formula is C14H19FN2O3. The molecule has 2 N–H and O–H groups in total. The maximum atomic E-state index is 12.9. The first-order valence-electron chi connectivity index (χ1n) is 6.63. The highest BCUT2D eigenvalue weighted by molar-refractivity contribution is 5.93. The zero-order valence-electron chi connectivity index (χ0n) is 11.4. The third-order valence-electron chi connectivity index (χ3n) is 3.15. The Labute approximate surface area is 117 Å². The molecule has 0 spiro atoms. The van der Waals surface area contributed by atoms with E-state index >= 15 is 0 Å². The van der Waals surface area contributed by atoms with Crippen LogP contribution in [-0.4, -0.2) is 28.5 Å². The van der Waals surface area contributed by atoms with Gasteiger partial charge in [0.1, 0.15) is 5.82 Å². The lowest BCUT2D eigenvalue weighted by molar-refractivity contribution is -0.137.